The Bertz CT molecular complexity index is 810. The van der Waals surface area contributed by atoms with Gasteiger partial charge in [0.05, 0.1) is 21.3 Å². The van der Waals surface area contributed by atoms with Crippen molar-refractivity contribution < 1.29 is 19.0 Å². The van der Waals surface area contributed by atoms with Crippen molar-refractivity contribution in [3.63, 3.8) is 0 Å². The van der Waals surface area contributed by atoms with Crippen LogP contribution in [0.1, 0.15) is 37.7 Å². The zero-order chi connectivity index (χ0) is 22.1. The van der Waals surface area contributed by atoms with Crippen LogP contribution >= 0.6 is 0 Å². The Hall–Kier alpha value is -2.73. The van der Waals surface area contributed by atoms with Crippen LogP contribution in [0.15, 0.2) is 42.5 Å². The minimum absolute atomic E-state index is 0.0167. The lowest BCUT2D eigenvalue weighted by Crippen LogP contribution is -2.37. The Morgan fingerprint density at radius 2 is 1.61 bits per heavy atom. The van der Waals surface area contributed by atoms with Gasteiger partial charge in [0, 0.05) is 43.4 Å². The second-order valence-corrected chi connectivity index (χ2v) is 7.92. The molecular formula is C25H34N2O4. The molecule has 0 bridgehead atoms. The molecule has 0 heterocycles. The van der Waals surface area contributed by atoms with Gasteiger partial charge in [-0.2, -0.15) is 0 Å². The van der Waals surface area contributed by atoms with Crippen LogP contribution < -0.4 is 19.5 Å². The van der Waals surface area contributed by atoms with Crippen molar-refractivity contribution in [3.8, 4) is 17.2 Å². The number of carbonyl (C=O) groups is 1. The molecule has 0 spiro atoms. The van der Waals surface area contributed by atoms with E-state index in [9.17, 15) is 4.79 Å². The number of amides is 1. The fourth-order valence-corrected chi connectivity index (χ4v) is 4.29. The molecule has 6 nitrogen and oxygen atoms in total. The van der Waals surface area contributed by atoms with Crippen molar-refractivity contribution in [1.82, 2.24) is 4.90 Å². The van der Waals surface area contributed by atoms with Gasteiger partial charge in [-0.3, -0.25) is 9.69 Å². The molecule has 1 N–H and O–H groups in total. The number of nitrogens with zero attached hydrogens (tertiary/aromatic N) is 1. The van der Waals surface area contributed by atoms with Crippen LogP contribution in [0, 0.1) is 0 Å². The molecule has 168 valence electrons. The van der Waals surface area contributed by atoms with Gasteiger partial charge in [-0.25, -0.2) is 0 Å². The average molecular weight is 427 g/mol. The zero-order valence-corrected chi connectivity index (χ0v) is 18.9. The highest BCUT2D eigenvalue weighted by Gasteiger charge is 2.23. The minimum atomic E-state index is -0.0167. The Labute approximate surface area is 185 Å². The molecule has 2 aromatic rings. The van der Waals surface area contributed by atoms with E-state index in [1.807, 2.05) is 6.07 Å². The Morgan fingerprint density at radius 3 is 2.19 bits per heavy atom. The first-order valence-electron chi connectivity index (χ1n) is 11.0. The molecule has 31 heavy (non-hydrogen) atoms. The van der Waals surface area contributed by atoms with E-state index in [2.05, 4.69) is 34.5 Å². The minimum Gasteiger partial charge on any atom is -0.493 e. The zero-order valence-electron chi connectivity index (χ0n) is 18.9. The van der Waals surface area contributed by atoms with Gasteiger partial charge < -0.3 is 19.5 Å². The van der Waals surface area contributed by atoms with Crippen LogP contribution in [-0.4, -0.2) is 51.3 Å². The molecule has 0 saturated heterocycles. The molecule has 1 fully saturated rings. The van der Waals surface area contributed by atoms with Crippen molar-refractivity contribution >= 4 is 11.6 Å². The first-order valence-corrected chi connectivity index (χ1v) is 11.0. The molecule has 0 aromatic heterocycles. The first-order chi connectivity index (χ1) is 15.1. The topological polar surface area (TPSA) is 60.0 Å². The largest absolute Gasteiger partial charge is 0.493 e. The molecule has 3 rings (SSSR count). The quantitative estimate of drug-likeness (QED) is 0.572. The molecule has 0 unspecified atom stereocenters. The summed E-state index contributed by atoms with van der Waals surface area (Å²) in [4.78, 5) is 15.2. The number of benzene rings is 2. The molecule has 1 aliphatic rings. The number of ether oxygens (including phenoxy) is 3. The number of hydrogen-bond acceptors (Lipinski definition) is 5. The van der Waals surface area contributed by atoms with E-state index in [1.54, 1.807) is 33.5 Å². The highest BCUT2D eigenvalue weighted by Crippen LogP contribution is 2.40. The van der Waals surface area contributed by atoms with Gasteiger partial charge >= 0.3 is 0 Å². The van der Waals surface area contributed by atoms with Crippen LogP contribution in [0.2, 0.25) is 0 Å². The number of methoxy groups -OCH3 is 3. The summed E-state index contributed by atoms with van der Waals surface area (Å²) < 4.78 is 16.1. The van der Waals surface area contributed by atoms with E-state index >= 15 is 0 Å². The highest BCUT2D eigenvalue weighted by molar-refractivity contribution is 5.91. The normalized spacial score (nSPS) is 13.9. The van der Waals surface area contributed by atoms with Crippen LogP contribution in [-0.2, 0) is 11.2 Å². The number of nitrogens with one attached hydrogen (secondary N) is 1. The molecule has 0 aliphatic heterocycles. The summed E-state index contributed by atoms with van der Waals surface area (Å²) in [7, 11) is 4.69. The van der Waals surface area contributed by atoms with Crippen LogP contribution in [0.4, 0.5) is 5.69 Å². The number of rotatable bonds is 11. The van der Waals surface area contributed by atoms with Crippen molar-refractivity contribution in [2.24, 2.45) is 0 Å². The average Bonchev–Trinajstić information content (AvgIpc) is 3.33. The second kappa shape index (κ2) is 11.6. The molecule has 1 aliphatic carbocycles. The first kappa shape index (κ1) is 22.9. The molecule has 1 amide bonds. The third-order valence-electron chi connectivity index (χ3n) is 5.95. The van der Waals surface area contributed by atoms with Gasteiger partial charge in [0.15, 0.2) is 11.5 Å². The number of carbonyl (C=O) groups excluding carboxylic acids is 1. The fraction of sp³-hybridized carbons (Fsp3) is 0.480. The lowest BCUT2D eigenvalue weighted by Gasteiger charge is -2.28. The van der Waals surface area contributed by atoms with E-state index in [0.717, 1.165) is 19.5 Å². The molecule has 6 heteroatoms. The van der Waals surface area contributed by atoms with Crippen molar-refractivity contribution in [3.05, 3.63) is 48.0 Å². The maximum atomic E-state index is 12.7. The monoisotopic (exact) mass is 426 g/mol. The van der Waals surface area contributed by atoms with Gasteiger partial charge in [-0.15, -0.1) is 0 Å². The standard InChI is InChI=1S/C25H34N2O4/c1-29-22-17-20(18-23(30-2)25(22)31-3)26-24(28)14-16-27(21-11-7-8-12-21)15-13-19-9-5-4-6-10-19/h4-6,9-10,17-18,21H,7-8,11-16H2,1-3H3,(H,26,28). The van der Waals surface area contributed by atoms with Crippen molar-refractivity contribution in [2.75, 3.05) is 39.7 Å². The van der Waals surface area contributed by atoms with Crippen molar-refractivity contribution in [1.29, 1.82) is 0 Å². The number of anilines is 1. The number of hydrogen-bond donors (Lipinski definition) is 1. The van der Waals surface area contributed by atoms with E-state index in [4.69, 9.17) is 14.2 Å². The maximum Gasteiger partial charge on any atom is 0.225 e. The predicted molar refractivity (Wildman–Crippen MR) is 123 cm³/mol. The van der Waals surface area contributed by atoms with Gasteiger partial charge in [-0.05, 0) is 24.8 Å². The second-order valence-electron chi connectivity index (χ2n) is 7.92. The van der Waals surface area contributed by atoms with Gasteiger partial charge in [0.25, 0.3) is 0 Å². The third kappa shape index (κ3) is 6.37. The Morgan fingerprint density at radius 1 is 0.968 bits per heavy atom. The maximum absolute atomic E-state index is 12.7. The van der Waals surface area contributed by atoms with E-state index in [0.29, 0.717) is 35.4 Å². The van der Waals surface area contributed by atoms with E-state index in [-0.39, 0.29) is 5.91 Å². The third-order valence-corrected chi connectivity index (χ3v) is 5.95. The Kier molecular flexibility index (Phi) is 8.59. The molecular weight excluding hydrogens is 392 g/mol. The summed E-state index contributed by atoms with van der Waals surface area (Å²) in [6.45, 7) is 1.74. The summed E-state index contributed by atoms with van der Waals surface area (Å²) in [6, 6.07) is 14.6. The van der Waals surface area contributed by atoms with Gasteiger partial charge in [0.1, 0.15) is 0 Å². The summed E-state index contributed by atoms with van der Waals surface area (Å²) in [5, 5.41) is 2.98. The van der Waals surface area contributed by atoms with E-state index in [1.165, 1.54) is 31.2 Å². The lowest BCUT2D eigenvalue weighted by atomic mass is 10.1. The van der Waals surface area contributed by atoms with Crippen LogP contribution in [0.3, 0.4) is 0 Å². The van der Waals surface area contributed by atoms with Crippen LogP contribution in [0.5, 0.6) is 17.2 Å². The summed E-state index contributed by atoms with van der Waals surface area (Å²) in [5.41, 5.74) is 1.98. The molecule has 0 atom stereocenters. The smallest absolute Gasteiger partial charge is 0.225 e. The van der Waals surface area contributed by atoms with Gasteiger partial charge in [-0.1, -0.05) is 43.2 Å². The molecule has 1 saturated carbocycles. The fourth-order valence-electron chi connectivity index (χ4n) is 4.29. The van der Waals surface area contributed by atoms with Crippen LogP contribution in [0.25, 0.3) is 0 Å². The molecule has 2 aromatic carbocycles. The van der Waals surface area contributed by atoms with E-state index < -0.39 is 0 Å². The van der Waals surface area contributed by atoms with Crippen molar-refractivity contribution in [2.45, 2.75) is 44.6 Å². The van der Waals surface area contributed by atoms with Gasteiger partial charge in [0.2, 0.25) is 11.7 Å². The molecule has 0 radical (unpaired) electrons. The lowest BCUT2D eigenvalue weighted by molar-refractivity contribution is -0.116. The SMILES string of the molecule is COc1cc(NC(=O)CCN(CCc2ccccc2)C2CCCC2)cc(OC)c1OC. The highest BCUT2D eigenvalue weighted by atomic mass is 16.5. The Balaban J connectivity index is 1.60. The predicted octanol–water partition coefficient (Wildman–Crippen LogP) is 4.53. The summed E-state index contributed by atoms with van der Waals surface area (Å²) in [6.07, 6.45) is 6.47. The summed E-state index contributed by atoms with van der Waals surface area (Å²) in [5.74, 6) is 1.54. The summed E-state index contributed by atoms with van der Waals surface area (Å²) >= 11 is 0.